The van der Waals surface area contributed by atoms with Crippen LogP contribution in [0.5, 0.6) is 11.5 Å². The van der Waals surface area contributed by atoms with E-state index in [2.05, 4.69) is 26.8 Å². The van der Waals surface area contributed by atoms with Crippen molar-refractivity contribution >= 4 is 0 Å². The van der Waals surface area contributed by atoms with Crippen molar-refractivity contribution in [3.63, 3.8) is 0 Å². The Kier molecular flexibility index (Phi) is 4.23. The van der Waals surface area contributed by atoms with E-state index >= 15 is 0 Å². The number of aryl methyl sites for hydroxylation is 1. The van der Waals surface area contributed by atoms with Gasteiger partial charge in [0.15, 0.2) is 0 Å². The number of rotatable bonds is 4. The first-order valence-corrected chi connectivity index (χ1v) is 6.59. The lowest BCUT2D eigenvalue weighted by Gasteiger charge is -2.13. The Morgan fingerprint density at radius 2 is 1.84 bits per heavy atom. The van der Waals surface area contributed by atoms with Gasteiger partial charge in [-0.1, -0.05) is 38.1 Å². The molecule has 0 spiro atoms. The molecule has 2 heteroatoms. The van der Waals surface area contributed by atoms with Gasteiger partial charge in [-0.15, -0.1) is 0 Å². The number of benzene rings is 2. The second kappa shape index (κ2) is 5.89. The summed E-state index contributed by atoms with van der Waals surface area (Å²) < 4.78 is 5.86. The third kappa shape index (κ3) is 3.15. The lowest BCUT2D eigenvalue weighted by molar-refractivity contribution is 0.276. The van der Waals surface area contributed by atoms with Crippen molar-refractivity contribution < 1.29 is 9.84 Å². The Morgan fingerprint density at radius 3 is 2.47 bits per heavy atom. The molecule has 2 rings (SSSR count). The van der Waals surface area contributed by atoms with E-state index in [4.69, 9.17) is 4.74 Å². The average molecular weight is 256 g/mol. The first-order chi connectivity index (χ1) is 9.11. The molecule has 0 saturated carbocycles. The van der Waals surface area contributed by atoms with Gasteiger partial charge in [0.05, 0.1) is 6.61 Å². The van der Waals surface area contributed by atoms with Gasteiger partial charge in [0.2, 0.25) is 0 Å². The highest BCUT2D eigenvalue weighted by atomic mass is 16.5. The smallest absolute Gasteiger partial charge is 0.132 e. The summed E-state index contributed by atoms with van der Waals surface area (Å²) >= 11 is 0. The minimum absolute atomic E-state index is 0.0146. The molecule has 0 aliphatic carbocycles. The zero-order valence-corrected chi connectivity index (χ0v) is 11.7. The first-order valence-electron chi connectivity index (χ1n) is 6.59. The van der Waals surface area contributed by atoms with Crippen LogP contribution < -0.4 is 4.74 Å². The van der Waals surface area contributed by atoms with Gasteiger partial charge in [-0.3, -0.25) is 0 Å². The molecule has 2 aromatic rings. The monoisotopic (exact) mass is 256 g/mol. The van der Waals surface area contributed by atoms with Gasteiger partial charge < -0.3 is 9.84 Å². The van der Waals surface area contributed by atoms with E-state index in [0.29, 0.717) is 11.7 Å². The highest BCUT2D eigenvalue weighted by Gasteiger charge is 2.07. The van der Waals surface area contributed by atoms with E-state index in [0.717, 1.165) is 11.3 Å². The molecule has 19 heavy (non-hydrogen) atoms. The largest absolute Gasteiger partial charge is 0.457 e. The Hall–Kier alpha value is -1.80. The lowest BCUT2D eigenvalue weighted by Crippen LogP contribution is -1.95. The lowest BCUT2D eigenvalue weighted by atomic mass is 9.98. The van der Waals surface area contributed by atoms with Gasteiger partial charge in [-0.25, -0.2) is 0 Å². The summed E-state index contributed by atoms with van der Waals surface area (Å²) in [4.78, 5) is 0. The van der Waals surface area contributed by atoms with Crippen molar-refractivity contribution in [3.05, 3.63) is 59.2 Å². The average Bonchev–Trinajstić information content (AvgIpc) is 2.39. The normalized spacial score (nSPS) is 10.8. The van der Waals surface area contributed by atoms with Crippen LogP contribution in [-0.2, 0) is 6.61 Å². The van der Waals surface area contributed by atoms with Crippen molar-refractivity contribution in [2.45, 2.75) is 33.3 Å². The van der Waals surface area contributed by atoms with Crippen LogP contribution >= 0.6 is 0 Å². The summed E-state index contributed by atoms with van der Waals surface area (Å²) in [5.74, 6) is 2.03. The van der Waals surface area contributed by atoms with Crippen molar-refractivity contribution in [1.82, 2.24) is 0 Å². The Balaban J connectivity index is 2.26. The molecule has 100 valence electrons. The molecule has 0 aromatic heterocycles. The van der Waals surface area contributed by atoms with Gasteiger partial charge >= 0.3 is 0 Å². The first kappa shape index (κ1) is 13.6. The van der Waals surface area contributed by atoms with E-state index in [1.807, 2.05) is 36.4 Å². The van der Waals surface area contributed by atoms with Crippen molar-refractivity contribution in [2.75, 3.05) is 0 Å². The zero-order chi connectivity index (χ0) is 13.8. The molecule has 0 atom stereocenters. The highest BCUT2D eigenvalue weighted by molar-refractivity contribution is 5.41. The van der Waals surface area contributed by atoms with E-state index < -0.39 is 0 Å². The van der Waals surface area contributed by atoms with E-state index in [1.165, 1.54) is 11.1 Å². The highest BCUT2D eigenvalue weighted by Crippen LogP contribution is 2.28. The summed E-state index contributed by atoms with van der Waals surface area (Å²) in [6.45, 7) is 6.45. The molecule has 2 nitrogen and oxygen atoms in total. The topological polar surface area (TPSA) is 29.5 Å². The third-order valence-electron chi connectivity index (χ3n) is 3.23. The number of para-hydroxylation sites is 1. The van der Waals surface area contributed by atoms with Crippen LogP contribution in [0, 0.1) is 6.92 Å². The summed E-state index contributed by atoms with van der Waals surface area (Å²) in [5, 5.41) is 9.29. The molecule has 0 fully saturated rings. The quantitative estimate of drug-likeness (QED) is 0.878. The fraction of sp³-hybridized carbons (Fsp3) is 0.294. The molecule has 0 bridgehead atoms. The molecule has 1 N–H and O–H groups in total. The van der Waals surface area contributed by atoms with Crippen molar-refractivity contribution in [2.24, 2.45) is 0 Å². The maximum atomic E-state index is 9.29. The number of aliphatic hydroxyl groups is 1. The molecule has 0 amide bonds. The molecule has 0 unspecified atom stereocenters. The molecular formula is C17H20O2. The molecular weight excluding hydrogens is 236 g/mol. The fourth-order valence-corrected chi connectivity index (χ4v) is 2.22. The Morgan fingerprint density at radius 1 is 1.11 bits per heavy atom. The maximum Gasteiger partial charge on any atom is 0.132 e. The minimum Gasteiger partial charge on any atom is -0.457 e. The van der Waals surface area contributed by atoms with E-state index in [1.54, 1.807) is 0 Å². The predicted octanol–water partition coefficient (Wildman–Crippen LogP) is 4.40. The summed E-state index contributed by atoms with van der Waals surface area (Å²) in [7, 11) is 0. The third-order valence-corrected chi connectivity index (χ3v) is 3.23. The zero-order valence-electron chi connectivity index (χ0n) is 11.7. The number of hydrogen-bond acceptors (Lipinski definition) is 2. The van der Waals surface area contributed by atoms with E-state index in [-0.39, 0.29) is 6.61 Å². The standard InChI is InChI=1S/C17H20O2/c1-12(2)16-9-8-15(10-13(16)3)19-17-7-5-4-6-14(17)11-18/h4-10,12,18H,11H2,1-3H3. The minimum atomic E-state index is -0.0146. The summed E-state index contributed by atoms with van der Waals surface area (Å²) in [6, 6.07) is 13.7. The van der Waals surface area contributed by atoms with Crippen LogP contribution in [0.4, 0.5) is 0 Å². The molecule has 0 radical (unpaired) electrons. The Labute approximate surface area is 114 Å². The predicted molar refractivity (Wildman–Crippen MR) is 77.7 cm³/mol. The molecule has 0 saturated heterocycles. The van der Waals surface area contributed by atoms with Gasteiger partial charge in [0.1, 0.15) is 11.5 Å². The number of ether oxygens (including phenoxy) is 1. The molecule has 0 heterocycles. The second-order valence-electron chi connectivity index (χ2n) is 5.04. The van der Waals surface area contributed by atoms with Gasteiger partial charge in [0, 0.05) is 5.56 Å². The van der Waals surface area contributed by atoms with Gasteiger partial charge in [-0.05, 0) is 42.2 Å². The van der Waals surface area contributed by atoms with Crippen LogP contribution in [0.3, 0.4) is 0 Å². The van der Waals surface area contributed by atoms with Crippen LogP contribution in [0.15, 0.2) is 42.5 Å². The second-order valence-corrected chi connectivity index (χ2v) is 5.04. The van der Waals surface area contributed by atoms with Crippen LogP contribution in [0.25, 0.3) is 0 Å². The van der Waals surface area contributed by atoms with Crippen LogP contribution in [0.1, 0.15) is 36.5 Å². The van der Waals surface area contributed by atoms with Crippen molar-refractivity contribution in [1.29, 1.82) is 0 Å². The Bertz CT molecular complexity index is 559. The fourth-order valence-electron chi connectivity index (χ4n) is 2.22. The van der Waals surface area contributed by atoms with Crippen LogP contribution in [-0.4, -0.2) is 5.11 Å². The maximum absolute atomic E-state index is 9.29. The van der Waals surface area contributed by atoms with Gasteiger partial charge in [-0.2, -0.15) is 0 Å². The number of aliphatic hydroxyl groups excluding tert-OH is 1. The molecule has 0 aliphatic heterocycles. The van der Waals surface area contributed by atoms with Crippen molar-refractivity contribution in [3.8, 4) is 11.5 Å². The summed E-state index contributed by atoms with van der Waals surface area (Å²) in [5.41, 5.74) is 3.37. The van der Waals surface area contributed by atoms with Crippen LogP contribution in [0.2, 0.25) is 0 Å². The number of hydrogen-bond donors (Lipinski definition) is 1. The van der Waals surface area contributed by atoms with E-state index in [9.17, 15) is 5.11 Å². The molecule has 2 aromatic carbocycles. The summed E-state index contributed by atoms with van der Waals surface area (Å²) in [6.07, 6.45) is 0. The molecule has 0 aliphatic rings. The van der Waals surface area contributed by atoms with Gasteiger partial charge in [0.25, 0.3) is 0 Å². The SMILES string of the molecule is Cc1cc(Oc2ccccc2CO)ccc1C(C)C.